The molecule has 1 amide bonds. The Morgan fingerprint density at radius 3 is 2.80 bits per heavy atom. The lowest BCUT2D eigenvalue weighted by atomic mass is 10.2. The molecule has 0 saturated heterocycles. The third-order valence-corrected chi connectivity index (χ3v) is 4.69. The van der Waals surface area contributed by atoms with Crippen LogP contribution < -0.4 is 16.6 Å². The highest BCUT2D eigenvalue weighted by Crippen LogP contribution is 2.17. The molecule has 0 aliphatic heterocycles. The van der Waals surface area contributed by atoms with E-state index in [1.807, 2.05) is 20.8 Å². The van der Waals surface area contributed by atoms with Crippen molar-refractivity contribution in [2.24, 2.45) is 5.92 Å². The summed E-state index contributed by atoms with van der Waals surface area (Å²) in [6, 6.07) is 1.73. The number of hydrogen-bond donors (Lipinski definition) is 1. The van der Waals surface area contributed by atoms with Gasteiger partial charge in [-0.3, -0.25) is 14.2 Å². The number of aromatic nitrogens is 4. The summed E-state index contributed by atoms with van der Waals surface area (Å²) in [5.41, 5.74) is -0.0310. The van der Waals surface area contributed by atoms with E-state index in [1.54, 1.807) is 11.4 Å². The van der Waals surface area contributed by atoms with Crippen molar-refractivity contribution in [2.45, 2.75) is 40.3 Å². The van der Waals surface area contributed by atoms with Crippen molar-refractivity contribution in [1.29, 1.82) is 0 Å². The molecule has 9 heteroatoms. The number of carbonyl (C=O) groups excluding carboxylic acids is 1. The zero-order chi connectivity index (χ0) is 18.1. The first-order valence-corrected chi connectivity index (χ1v) is 9.18. The van der Waals surface area contributed by atoms with Gasteiger partial charge in [-0.2, -0.15) is 0 Å². The quantitative estimate of drug-likeness (QED) is 0.709. The molecule has 3 rings (SSSR count). The normalized spacial score (nSPS) is 11.7. The van der Waals surface area contributed by atoms with Crippen molar-refractivity contribution >= 4 is 33.2 Å². The number of hydrogen-bond acceptors (Lipinski definition) is 5. The van der Waals surface area contributed by atoms with Gasteiger partial charge in [0.25, 0.3) is 5.56 Å². The molecule has 0 aliphatic carbocycles. The van der Waals surface area contributed by atoms with E-state index in [9.17, 15) is 14.4 Å². The molecular weight excluding hydrogens is 342 g/mol. The smallest absolute Gasteiger partial charge is 0.352 e. The lowest BCUT2D eigenvalue weighted by Gasteiger charge is -2.09. The minimum absolute atomic E-state index is 0.154. The highest BCUT2D eigenvalue weighted by atomic mass is 32.1. The Kier molecular flexibility index (Phi) is 4.76. The molecule has 8 nitrogen and oxygen atoms in total. The van der Waals surface area contributed by atoms with Gasteiger partial charge in [0.05, 0.1) is 5.52 Å². The molecule has 0 fully saturated rings. The Labute approximate surface area is 147 Å². The van der Waals surface area contributed by atoms with E-state index in [4.69, 9.17) is 0 Å². The Bertz CT molecular complexity index is 1040. The van der Waals surface area contributed by atoms with Crippen molar-refractivity contribution in [1.82, 2.24) is 24.1 Å². The topological polar surface area (TPSA) is 90.4 Å². The number of nitrogens with one attached hydrogen (secondary N) is 1. The Morgan fingerprint density at radius 2 is 2.12 bits per heavy atom. The van der Waals surface area contributed by atoms with Gasteiger partial charge in [0.15, 0.2) is 0 Å². The first-order valence-electron chi connectivity index (χ1n) is 8.30. The fourth-order valence-corrected chi connectivity index (χ4v) is 3.55. The zero-order valence-electron chi connectivity index (χ0n) is 14.5. The fourth-order valence-electron chi connectivity index (χ4n) is 2.72. The zero-order valence-corrected chi connectivity index (χ0v) is 15.3. The van der Waals surface area contributed by atoms with Crippen LogP contribution in [0.4, 0.5) is 0 Å². The van der Waals surface area contributed by atoms with Crippen molar-refractivity contribution < 1.29 is 4.79 Å². The second kappa shape index (κ2) is 6.83. The van der Waals surface area contributed by atoms with E-state index in [0.717, 1.165) is 11.1 Å². The van der Waals surface area contributed by atoms with E-state index < -0.39 is 5.69 Å². The number of rotatable bonds is 6. The van der Waals surface area contributed by atoms with E-state index in [-0.39, 0.29) is 29.7 Å². The molecule has 0 saturated carbocycles. The number of fused-ring (bicyclic) bond motifs is 3. The SMILES string of the molecule is CCCNC(=O)Cn1nc2n(CC(C)C)c(=O)c3sccc3n2c1=O. The molecule has 0 aromatic carbocycles. The van der Waals surface area contributed by atoms with E-state index in [1.165, 1.54) is 20.3 Å². The average Bonchev–Trinajstić information content (AvgIpc) is 3.15. The molecule has 0 radical (unpaired) electrons. The van der Waals surface area contributed by atoms with Gasteiger partial charge in [-0.25, -0.2) is 13.9 Å². The first kappa shape index (κ1) is 17.4. The molecule has 25 heavy (non-hydrogen) atoms. The number of carbonyl (C=O) groups is 1. The average molecular weight is 363 g/mol. The number of thiophene rings is 1. The fraction of sp³-hybridized carbons (Fsp3) is 0.500. The van der Waals surface area contributed by atoms with Gasteiger partial charge in [0.1, 0.15) is 11.2 Å². The Balaban J connectivity index is 2.20. The van der Waals surface area contributed by atoms with Crippen LogP contribution in [0, 0.1) is 5.92 Å². The highest BCUT2D eigenvalue weighted by molar-refractivity contribution is 7.17. The predicted molar refractivity (Wildman–Crippen MR) is 97.2 cm³/mol. The summed E-state index contributed by atoms with van der Waals surface area (Å²) in [4.78, 5) is 37.5. The largest absolute Gasteiger partial charge is 0.355 e. The standard InChI is InChI=1S/C16H21N5O3S/c1-4-6-17-12(22)9-20-16(24)21-11-5-7-25-13(11)14(23)19(8-10(2)3)15(21)18-20/h5,7,10H,4,6,8-9H2,1-3H3,(H,17,22). The first-order chi connectivity index (χ1) is 11.9. The van der Waals surface area contributed by atoms with Crippen LogP contribution in [0.2, 0.25) is 0 Å². The van der Waals surface area contributed by atoms with Crippen LogP contribution in [0.25, 0.3) is 16.0 Å². The molecule has 0 aliphatic rings. The molecule has 134 valence electrons. The Morgan fingerprint density at radius 1 is 1.36 bits per heavy atom. The summed E-state index contributed by atoms with van der Waals surface area (Å²) < 4.78 is 4.58. The second-order valence-corrected chi connectivity index (χ2v) is 7.29. The molecule has 3 aromatic heterocycles. The molecule has 0 atom stereocenters. The maximum Gasteiger partial charge on any atom is 0.352 e. The van der Waals surface area contributed by atoms with Crippen molar-refractivity contribution in [2.75, 3.05) is 6.54 Å². The van der Waals surface area contributed by atoms with E-state index in [2.05, 4.69) is 10.4 Å². The third kappa shape index (κ3) is 3.11. The van der Waals surface area contributed by atoms with Crippen LogP contribution in [0.1, 0.15) is 27.2 Å². The van der Waals surface area contributed by atoms with Crippen molar-refractivity contribution in [3.63, 3.8) is 0 Å². The minimum Gasteiger partial charge on any atom is -0.355 e. The van der Waals surface area contributed by atoms with Crippen LogP contribution in [0.3, 0.4) is 0 Å². The van der Waals surface area contributed by atoms with Gasteiger partial charge < -0.3 is 5.32 Å². The molecular formula is C16H21N5O3S. The van der Waals surface area contributed by atoms with Crippen molar-refractivity contribution in [3.8, 4) is 0 Å². The molecule has 3 heterocycles. The lowest BCUT2D eigenvalue weighted by Crippen LogP contribution is -2.33. The van der Waals surface area contributed by atoms with E-state index >= 15 is 0 Å². The van der Waals surface area contributed by atoms with Gasteiger partial charge in [0.2, 0.25) is 11.7 Å². The van der Waals surface area contributed by atoms with Crippen LogP contribution >= 0.6 is 11.3 Å². The maximum atomic E-state index is 12.8. The Hall–Kier alpha value is -2.42. The summed E-state index contributed by atoms with van der Waals surface area (Å²) in [5, 5.41) is 8.79. The summed E-state index contributed by atoms with van der Waals surface area (Å²) in [6.07, 6.45) is 0.815. The molecule has 3 aromatic rings. The molecule has 1 N–H and O–H groups in total. The highest BCUT2D eigenvalue weighted by Gasteiger charge is 2.19. The monoisotopic (exact) mass is 363 g/mol. The predicted octanol–water partition coefficient (Wildman–Crippen LogP) is 1.05. The minimum atomic E-state index is -0.414. The summed E-state index contributed by atoms with van der Waals surface area (Å²) >= 11 is 1.30. The summed E-state index contributed by atoms with van der Waals surface area (Å²) in [6.45, 7) is 6.78. The molecule has 0 unspecified atom stereocenters. The third-order valence-electron chi connectivity index (χ3n) is 3.80. The molecule has 0 bridgehead atoms. The maximum absolute atomic E-state index is 12.8. The summed E-state index contributed by atoms with van der Waals surface area (Å²) in [7, 11) is 0. The van der Waals surface area contributed by atoms with Gasteiger partial charge >= 0.3 is 5.69 Å². The van der Waals surface area contributed by atoms with E-state index in [0.29, 0.717) is 23.3 Å². The second-order valence-electron chi connectivity index (χ2n) is 6.37. The molecule has 0 spiro atoms. The van der Waals surface area contributed by atoms with Gasteiger partial charge in [-0.15, -0.1) is 16.4 Å². The van der Waals surface area contributed by atoms with Gasteiger partial charge in [-0.05, 0) is 23.8 Å². The van der Waals surface area contributed by atoms with Crippen LogP contribution in [0.15, 0.2) is 21.0 Å². The van der Waals surface area contributed by atoms with Crippen LogP contribution in [0.5, 0.6) is 0 Å². The van der Waals surface area contributed by atoms with Crippen LogP contribution in [-0.2, 0) is 17.9 Å². The number of amides is 1. The lowest BCUT2D eigenvalue weighted by molar-refractivity contribution is -0.121. The van der Waals surface area contributed by atoms with Crippen LogP contribution in [-0.4, -0.2) is 31.2 Å². The number of nitrogens with zero attached hydrogens (tertiary/aromatic N) is 4. The summed E-state index contributed by atoms with van der Waals surface area (Å²) in [5.74, 6) is 0.219. The van der Waals surface area contributed by atoms with Gasteiger partial charge in [-0.1, -0.05) is 20.8 Å². The van der Waals surface area contributed by atoms with Gasteiger partial charge in [0, 0.05) is 13.1 Å². The van der Waals surface area contributed by atoms with Crippen molar-refractivity contribution in [3.05, 3.63) is 32.3 Å².